The number of aliphatic hydroxyl groups excluding tert-OH is 1. The van der Waals surface area contributed by atoms with Gasteiger partial charge in [0.1, 0.15) is 23.4 Å². The molecule has 1 fully saturated rings. The van der Waals surface area contributed by atoms with E-state index in [1.54, 1.807) is 6.92 Å². The fraction of sp³-hybridized carbons (Fsp3) is 0.500. The monoisotopic (exact) mass is 267 g/mol. The highest BCUT2D eigenvalue weighted by molar-refractivity contribution is 6.33. The molecular formula is C12H14ClN3O2. The van der Waals surface area contributed by atoms with Crippen LogP contribution in [0, 0.1) is 0 Å². The first-order chi connectivity index (χ1) is 8.66. The summed E-state index contributed by atoms with van der Waals surface area (Å²) in [6.07, 6.45) is 4.41. The van der Waals surface area contributed by atoms with Gasteiger partial charge in [-0.25, -0.2) is 9.97 Å². The summed E-state index contributed by atoms with van der Waals surface area (Å²) in [5.41, 5.74) is 0.770. The topological polar surface area (TPSA) is 60.2 Å². The van der Waals surface area contributed by atoms with Gasteiger partial charge in [-0.2, -0.15) is 0 Å². The number of hydrogen-bond acceptors (Lipinski definition) is 4. The molecule has 0 aromatic carbocycles. The van der Waals surface area contributed by atoms with Crippen LogP contribution in [0.4, 0.5) is 0 Å². The molecule has 3 atom stereocenters. The molecule has 3 unspecified atom stereocenters. The van der Waals surface area contributed by atoms with E-state index in [4.69, 9.17) is 16.3 Å². The van der Waals surface area contributed by atoms with Crippen molar-refractivity contribution in [3.63, 3.8) is 0 Å². The molecule has 1 N–H and O–H groups in total. The molecule has 3 rings (SSSR count). The van der Waals surface area contributed by atoms with E-state index in [1.807, 2.05) is 16.8 Å². The number of rotatable bonds is 2. The van der Waals surface area contributed by atoms with Gasteiger partial charge < -0.3 is 14.4 Å². The molecule has 6 heteroatoms. The van der Waals surface area contributed by atoms with Crippen molar-refractivity contribution in [1.29, 1.82) is 0 Å². The van der Waals surface area contributed by atoms with Crippen LogP contribution >= 0.6 is 11.6 Å². The lowest BCUT2D eigenvalue weighted by atomic mass is 10.1. The Bertz CT molecular complexity index is 569. The van der Waals surface area contributed by atoms with Crippen LogP contribution in [0.3, 0.4) is 0 Å². The van der Waals surface area contributed by atoms with Gasteiger partial charge in [-0.3, -0.25) is 0 Å². The van der Waals surface area contributed by atoms with E-state index in [1.165, 1.54) is 6.33 Å². The molecule has 0 spiro atoms. The Morgan fingerprint density at radius 3 is 3.06 bits per heavy atom. The van der Waals surface area contributed by atoms with Crippen LogP contribution in [0.15, 0.2) is 18.6 Å². The number of nitrogens with zero attached hydrogens (tertiary/aromatic N) is 3. The lowest BCUT2D eigenvalue weighted by Gasteiger charge is -2.17. The zero-order valence-corrected chi connectivity index (χ0v) is 10.7. The SMILES string of the molecule is CC(O)C1CCC(n2ccc3c(Cl)ncnc32)O1. The summed E-state index contributed by atoms with van der Waals surface area (Å²) >= 11 is 6.01. The second kappa shape index (κ2) is 4.50. The largest absolute Gasteiger partial charge is 0.391 e. The Kier molecular flexibility index (Phi) is 2.97. The van der Waals surface area contributed by atoms with Crippen molar-refractivity contribution >= 4 is 22.6 Å². The molecule has 2 aromatic rings. The predicted octanol–water partition coefficient (Wildman–Crippen LogP) is 2.14. The first-order valence-electron chi connectivity index (χ1n) is 5.97. The molecule has 1 saturated heterocycles. The van der Waals surface area contributed by atoms with E-state index in [2.05, 4.69) is 9.97 Å². The number of aliphatic hydroxyl groups is 1. The molecule has 3 heterocycles. The van der Waals surface area contributed by atoms with Gasteiger partial charge in [-0.1, -0.05) is 11.6 Å². The second-order valence-corrected chi connectivity index (χ2v) is 4.93. The first kappa shape index (κ1) is 11.9. The summed E-state index contributed by atoms with van der Waals surface area (Å²) in [4.78, 5) is 8.19. The minimum atomic E-state index is -0.449. The number of halogens is 1. The van der Waals surface area contributed by atoms with Crippen LogP contribution in [-0.2, 0) is 4.74 Å². The summed E-state index contributed by atoms with van der Waals surface area (Å²) in [7, 11) is 0. The Balaban J connectivity index is 1.94. The maximum absolute atomic E-state index is 9.54. The van der Waals surface area contributed by atoms with Gasteiger partial charge in [0.05, 0.1) is 17.6 Å². The average molecular weight is 268 g/mol. The maximum atomic E-state index is 9.54. The highest BCUT2D eigenvalue weighted by Crippen LogP contribution is 2.33. The van der Waals surface area contributed by atoms with Gasteiger partial charge in [0.2, 0.25) is 0 Å². The van der Waals surface area contributed by atoms with Crippen molar-refractivity contribution in [1.82, 2.24) is 14.5 Å². The molecule has 0 aliphatic carbocycles. The van der Waals surface area contributed by atoms with E-state index in [0.717, 1.165) is 23.9 Å². The Morgan fingerprint density at radius 1 is 1.50 bits per heavy atom. The quantitative estimate of drug-likeness (QED) is 0.847. The van der Waals surface area contributed by atoms with E-state index < -0.39 is 6.10 Å². The van der Waals surface area contributed by atoms with Gasteiger partial charge >= 0.3 is 0 Å². The molecule has 0 saturated carbocycles. The number of hydrogen-bond donors (Lipinski definition) is 1. The van der Waals surface area contributed by atoms with Gasteiger partial charge in [-0.15, -0.1) is 0 Å². The number of aromatic nitrogens is 3. The molecule has 2 aromatic heterocycles. The normalized spacial score (nSPS) is 25.7. The summed E-state index contributed by atoms with van der Waals surface area (Å²) in [5.74, 6) is 0. The molecule has 0 amide bonds. The zero-order valence-electron chi connectivity index (χ0n) is 9.95. The Labute approximate surface area is 109 Å². The van der Waals surface area contributed by atoms with Crippen LogP contribution < -0.4 is 0 Å². The summed E-state index contributed by atoms with van der Waals surface area (Å²) in [6.45, 7) is 1.75. The summed E-state index contributed by atoms with van der Waals surface area (Å²) < 4.78 is 7.77. The van der Waals surface area contributed by atoms with Crippen LogP contribution in [0.25, 0.3) is 11.0 Å². The minimum absolute atomic E-state index is 0.0898. The molecule has 5 nitrogen and oxygen atoms in total. The third-order valence-electron chi connectivity index (χ3n) is 3.34. The summed E-state index contributed by atoms with van der Waals surface area (Å²) in [5, 5.41) is 10.8. The lowest BCUT2D eigenvalue weighted by molar-refractivity contribution is -0.0513. The molecular weight excluding hydrogens is 254 g/mol. The van der Waals surface area contributed by atoms with Gasteiger partial charge in [0.15, 0.2) is 0 Å². The average Bonchev–Trinajstić information content (AvgIpc) is 2.94. The van der Waals surface area contributed by atoms with Crippen molar-refractivity contribution in [3.8, 4) is 0 Å². The first-order valence-corrected chi connectivity index (χ1v) is 6.35. The van der Waals surface area contributed by atoms with Crippen LogP contribution in [-0.4, -0.2) is 31.8 Å². The number of fused-ring (bicyclic) bond motifs is 1. The molecule has 18 heavy (non-hydrogen) atoms. The van der Waals surface area contributed by atoms with E-state index >= 15 is 0 Å². The third-order valence-corrected chi connectivity index (χ3v) is 3.64. The highest BCUT2D eigenvalue weighted by atomic mass is 35.5. The van der Waals surface area contributed by atoms with E-state index in [0.29, 0.717) is 5.15 Å². The van der Waals surface area contributed by atoms with Crippen LogP contribution in [0.1, 0.15) is 26.0 Å². The van der Waals surface area contributed by atoms with Gasteiger partial charge in [-0.05, 0) is 25.8 Å². The van der Waals surface area contributed by atoms with E-state index in [9.17, 15) is 5.11 Å². The summed E-state index contributed by atoms with van der Waals surface area (Å²) in [6, 6.07) is 1.89. The molecule has 1 aliphatic rings. The third kappa shape index (κ3) is 1.88. The van der Waals surface area contributed by atoms with Crippen LogP contribution in [0.2, 0.25) is 5.15 Å². The van der Waals surface area contributed by atoms with Crippen molar-refractivity contribution in [3.05, 3.63) is 23.7 Å². The van der Waals surface area contributed by atoms with Crippen molar-refractivity contribution < 1.29 is 9.84 Å². The van der Waals surface area contributed by atoms with Crippen molar-refractivity contribution in [2.45, 2.75) is 38.2 Å². The fourth-order valence-electron chi connectivity index (χ4n) is 2.38. The predicted molar refractivity (Wildman–Crippen MR) is 67.4 cm³/mol. The lowest BCUT2D eigenvalue weighted by Crippen LogP contribution is -2.22. The Morgan fingerprint density at radius 2 is 2.33 bits per heavy atom. The molecule has 0 radical (unpaired) electrons. The zero-order chi connectivity index (χ0) is 12.7. The molecule has 0 bridgehead atoms. The highest BCUT2D eigenvalue weighted by Gasteiger charge is 2.30. The van der Waals surface area contributed by atoms with Gasteiger partial charge in [0.25, 0.3) is 0 Å². The van der Waals surface area contributed by atoms with Crippen LogP contribution in [0.5, 0.6) is 0 Å². The Hall–Kier alpha value is -1.17. The maximum Gasteiger partial charge on any atom is 0.146 e. The van der Waals surface area contributed by atoms with Gasteiger partial charge in [0, 0.05) is 6.20 Å². The molecule has 96 valence electrons. The fourth-order valence-corrected chi connectivity index (χ4v) is 2.57. The van der Waals surface area contributed by atoms with Crippen molar-refractivity contribution in [2.75, 3.05) is 0 Å². The van der Waals surface area contributed by atoms with E-state index in [-0.39, 0.29) is 12.3 Å². The molecule has 1 aliphatic heterocycles. The smallest absolute Gasteiger partial charge is 0.146 e. The van der Waals surface area contributed by atoms with Crippen molar-refractivity contribution in [2.24, 2.45) is 0 Å². The standard InChI is InChI=1S/C12H14ClN3O2/c1-7(17)9-2-3-10(18-9)16-5-4-8-11(13)14-6-15-12(8)16/h4-7,9-10,17H,2-3H2,1H3. The minimum Gasteiger partial charge on any atom is -0.391 e. The number of ether oxygens (including phenoxy) is 1. The second-order valence-electron chi connectivity index (χ2n) is 4.57.